The van der Waals surface area contributed by atoms with Crippen LogP contribution in [0.4, 0.5) is 0 Å². The molecule has 1 aliphatic rings. The zero-order valence-electron chi connectivity index (χ0n) is 11.7. The number of nitrogens with zero attached hydrogens (tertiary/aromatic N) is 2. The fraction of sp³-hybridized carbons (Fsp3) is 0.786. The Kier molecular flexibility index (Phi) is 4.78. The molecule has 102 valence electrons. The van der Waals surface area contributed by atoms with E-state index in [4.69, 9.17) is 4.74 Å². The van der Waals surface area contributed by atoms with Gasteiger partial charge in [-0.05, 0) is 51.6 Å². The number of ether oxygens (including phenoxy) is 1. The minimum atomic E-state index is 0.383. The van der Waals surface area contributed by atoms with Crippen molar-refractivity contribution >= 4 is 0 Å². The van der Waals surface area contributed by atoms with E-state index in [-0.39, 0.29) is 0 Å². The van der Waals surface area contributed by atoms with Crippen LogP contribution in [-0.4, -0.2) is 35.6 Å². The molecule has 0 aromatic carbocycles. The predicted octanol–water partition coefficient (Wildman–Crippen LogP) is 1.76. The minimum absolute atomic E-state index is 0.383. The molecular formula is C14H25N3O. The summed E-state index contributed by atoms with van der Waals surface area (Å²) < 4.78 is 7.89. The van der Waals surface area contributed by atoms with Gasteiger partial charge in [0.2, 0.25) is 0 Å². The second-order valence-electron chi connectivity index (χ2n) is 5.14. The molecule has 0 spiro atoms. The molecule has 0 amide bonds. The Hall–Kier alpha value is -0.870. The standard InChI is InChI=1S/C14H25N3O/c1-4-18-14(11-5-6-11)13(15-2)8-7-12-9-10-16-17(12)3/h9-11,13-15H,4-8H2,1-3H3. The Balaban J connectivity index is 1.89. The van der Waals surface area contributed by atoms with E-state index in [2.05, 4.69) is 23.4 Å². The number of hydrogen-bond acceptors (Lipinski definition) is 3. The molecule has 4 nitrogen and oxygen atoms in total. The third-order valence-corrected chi connectivity index (χ3v) is 3.85. The van der Waals surface area contributed by atoms with Gasteiger partial charge in [0.25, 0.3) is 0 Å². The Bertz CT molecular complexity index is 360. The second-order valence-corrected chi connectivity index (χ2v) is 5.14. The normalized spacial score (nSPS) is 18.8. The molecule has 1 aliphatic carbocycles. The summed E-state index contributed by atoms with van der Waals surface area (Å²) in [6, 6.07) is 2.55. The molecule has 1 aromatic heterocycles. The first-order valence-corrected chi connectivity index (χ1v) is 7.02. The Morgan fingerprint density at radius 3 is 2.83 bits per heavy atom. The van der Waals surface area contributed by atoms with Crippen molar-refractivity contribution in [3.05, 3.63) is 18.0 Å². The van der Waals surface area contributed by atoms with Crippen LogP contribution in [0.1, 0.15) is 31.9 Å². The van der Waals surface area contributed by atoms with E-state index in [0.717, 1.165) is 25.4 Å². The highest BCUT2D eigenvalue weighted by atomic mass is 16.5. The molecule has 1 saturated carbocycles. The number of likely N-dealkylation sites (N-methyl/N-ethyl adjacent to an activating group) is 1. The maximum atomic E-state index is 5.93. The van der Waals surface area contributed by atoms with E-state index in [9.17, 15) is 0 Å². The van der Waals surface area contributed by atoms with Crippen molar-refractivity contribution < 1.29 is 4.74 Å². The molecule has 1 aromatic rings. The van der Waals surface area contributed by atoms with E-state index < -0.39 is 0 Å². The van der Waals surface area contributed by atoms with Crippen molar-refractivity contribution in [1.29, 1.82) is 0 Å². The molecule has 1 N–H and O–H groups in total. The van der Waals surface area contributed by atoms with Gasteiger partial charge in [-0.1, -0.05) is 0 Å². The monoisotopic (exact) mass is 251 g/mol. The van der Waals surface area contributed by atoms with Gasteiger partial charge in [0.15, 0.2) is 0 Å². The molecule has 1 heterocycles. The molecule has 1 fully saturated rings. The first-order valence-electron chi connectivity index (χ1n) is 7.02. The van der Waals surface area contributed by atoms with Gasteiger partial charge >= 0.3 is 0 Å². The number of aryl methyl sites for hydroxylation is 2. The smallest absolute Gasteiger partial charge is 0.0755 e. The lowest BCUT2D eigenvalue weighted by molar-refractivity contribution is 0.0189. The molecule has 18 heavy (non-hydrogen) atoms. The molecule has 2 atom stereocenters. The van der Waals surface area contributed by atoms with Gasteiger partial charge in [0.1, 0.15) is 0 Å². The molecular weight excluding hydrogens is 226 g/mol. The van der Waals surface area contributed by atoms with Crippen molar-refractivity contribution in [2.75, 3.05) is 13.7 Å². The Labute approximate surface area is 110 Å². The third-order valence-electron chi connectivity index (χ3n) is 3.85. The average molecular weight is 251 g/mol. The van der Waals surface area contributed by atoms with Gasteiger partial charge in [-0.15, -0.1) is 0 Å². The topological polar surface area (TPSA) is 39.1 Å². The Morgan fingerprint density at radius 1 is 1.56 bits per heavy atom. The maximum absolute atomic E-state index is 5.93. The van der Waals surface area contributed by atoms with Crippen LogP contribution >= 0.6 is 0 Å². The van der Waals surface area contributed by atoms with Crippen LogP contribution in [0.5, 0.6) is 0 Å². The largest absolute Gasteiger partial charge is 0.377 e. The third kappa shape index (κ3) is 3.33. The first kappa shape index (κ1) is 13.6. The lowest BCUT2D eigenvalue weighted by atomic mass is 10.0. The van der Waals surface area contributed by atoms with Crippen molar-refractivity contribution in [3.63, 3.8) is 0 Å². The van der Waals surface area contributed by atoms with Gasteiger partial charge in [0, 0.05) is 31.6 Å². The summed E-state index contributed by atoms with van der Waals surface area (Å²) in [5.41, 5.74) is 1.29. The predicted molar refractivity (Wildman–Crippen MR) is 72.5 cm³/mol. The highest BCUT2D eigenvalue weighted by molar-refractivity contribution is 5.01. The van der Waals surface area contributed by atoms with Crippen LogP contribution in [0.15, 0.2) is 12.3 Å². The summed E-state index contributed by atoms with van der Waals surface area (Å²) >= 11 is 0. The number of aromatic nitrogens is 2. The summed E-state index contributed by atoms with van der Waals surface area (Å²) in [7, 11) is 4.05. The molecule has 0 aliphatic heterocycles. The number of nitrogens with one attached hydrogen (secondary N) is 1. The molecule has 4 heteroatoms. The SMILES string of the molecule is CCOC(C1CC1)C(CCc1ccnn1C)NC. The highest BCUT2D eigenvalue weighted by Gasteiger charge is 2.36. The molecule has 2 rings (SSSR count). The Morgan fingerprint density at radius 2 is 2.33 bits per heavy atom. The van der Waals surface area contributed by atoms with Gasteiger partial charge in [-0.25, -0.2) is 0 Å². The van der Waals surface area contributed by atoms with E-state index in [0.29, 0.717) is 12.1 Å². The summed E-state index contributed by atoms with van der Waals surface area (Å²) in [6.07, 6.45) is 7.07. The zero-order valence-corrected chi connectivity index (χ0v) is 11.7. The van der Waals surface area contributed by atoms with Gasteiger partial charge in [-0.3, -0.25) is 4.68 Å². The van der Waals surface area contributed by atoms with Crippen LogP contribution in [0.3, 0.4) is 0 Å². The fourth-order valence-corrected chi connectivity index (χ4v) is 2.62. The summed E-state index contributed by atoms with van der Waals surface area (Å²) in [4.78, 5) is 0. The van der Waals surface area contributed by atoms with Crippen LogP contribution < -0.4 is 5.32 Å². The lowest BCUT2D eigenvalue weighted by Gasteiger charge is -2.26. The van der Waals surface area contributed by atoms with E-state index in [1.165, 1.54) is 18.5 Å². The van der Waals surface area contributed by atoms with E-state index in [1.807, 2.05) is 25.0 Å². The van der Waals surface area contributed by atoms with Crippen LogP contribution in [0, 0.1) is 5.92 Å². The summed E-state index contributed by atoms with van der Waals surface area (Å²) in [5, 5.41) is 7.65. The summed E-state index contributed by atoms with van der Waals surface area (Å²) in [6.45, 7) is 2.90. The molecule has 0 saturated heterocycles. The van der Waals surface area contributed by atoms with Crippen LogP contribution in [0.25, 0.3) is 0 Å². The van der Waals surface area contributed by atoms with Crippen molar-refractivity contribution in [2.45, 2.75) is 44.8 Å². The average Bonchev–Trinajstić information content (AvgIpc) is 3.13. The maximum Gasteiger partial charge on any atom is 0.0755 e. The van der Waals surface area contributed by atoms with Gasteiger partial charge < -0.3 is 10.1 Å². The number of hydrogen-bond donors (Lipinski definition) is 1. The van der Waals surface area contributed by atoms with E-state index >= 15 is 0 Å². The van der Waals surface area contributed by atoms with Gasteiger partial charge in [-0.2, -0.15) is 5.10 Å². The highest BCUT2D eigenvalue weighted by Crippen LogP contribution is 2.36. The molecule has 2 unspecified atom stereocenters. The molecule has 0 radical (unpaired) electrons. The lowest BCUT2D eigenvalue weighted by Crippen LogP contribution is -2.41. The van der Waals surface area contributed by atoms with Crippen molar-refractivity contribution in [1.82, 2.24) is 15.1 Å². The second kappa shape index (κ2) is 6.34. The van der Waals surface area contributed by atoms with E-state index in [1.54, 1.807) is 0 Å². The summed E-state index contributed by atoms with van der Waals surface area (Å²) in [5.74, 6) is 0.772. The first-order chi connectivity index (χ1) is 8.76. The molecule has 0 bridgehead atoms. The minimum Gasteiger partial charge on any atom is -0.377 e. The van der Waals surface area contributed by atoms with Crippen molar-refractivity contribution in [3.8, 4) is 0 Å². The van der Waals surface area contributed by atoms with Crippen molar-refractivity contribution in [2.24, 2.45) is 13.0 Å². The number of rotatable bonds is 8. The van der Waals surface area contributed by atoms with Crippen LogP contribution in [0.2, 0.25) is 0 Å². The quantitative estimate of drug-likeness (QED) is 0.765. The van der Waals surface area contributed by atoms with Crippen LogP contribution in [-0.2, 0) is 18.2 Å². The zero-order chi connectivity index (χ0) is 13.0. The fourth-order valence-electron chi connectivity index (χ4n) is 2.62. The van der Waals surface area contributed by atoms with Gasteiger partial charge in [0.05, 0.1) is 6.10 Å².